The predicted octanol–water partition coefficient (Wildman–Crippen LogP) is 2.06. The van der Waals surface area contributed by atoms with Crippen molar-refractivity contribution >= 4 is 35.7 Å². The van der Waals surface area contributed by atoms with Gasteiger partial charge in [0, 0.05) is 37.3 Å². The van der Waals surface area contributed by atoms with Gasteiger partial charge in [0.1, 0.15) is 0 Å². The van der Waals surface area contributed by atoms with Crippen molar-refractivity contribution in [3.8, 4) is 0 Å². The number of nitrogens with zero attached hydrogens (tertiary/aromatic N) is 2. The van der Waals surface area contributed by atoms with Crippen molar-refractivity contribution in [3.05, 3.63) is 33.9 Å². The van der Waals surface area contributed by atoms with Crippen molar-refractivity contribution < 1.29 is 19.6 Å². The zero-order valence-electron chi connectivity index (χ0n) is 12.9. The SMILES string of the molecule is Cc1cc([N+](=O)[O-])ccc1NC(=O)CCN(C)CCC(=O)O.Cl. The van der Waals surface area contributed by atoms with E-state index in [0.717, 1.165) is 0 Å². The van der Waals surface area contributed by atoms with E-state index in [4.69, 9.17) is 5.11 Å². The van der Waals surface area contributed by atoms with Gasteiger partial charge in [0.05, 0.1) is 11.3 Å². The summed E-state index contributed by atoms with van der Waals surface area (Å²) in [6.45, 7) is 2.49. The monoisotopic (exact) mass is 345 g/mol. The van der Waals surface area contributed by atoms with Gasteiger partial charge >= 0.3 is 5.97 Å². The lowest BCUT2D eigenvalue weighted by molar-refractivity contribution is -0.384. The van der Waals surface area contributed by atoms with Crippen molar-refractivity contribution in [3.63, 3.8) is 0 Å². The summed E-state index contributed by atoms with van der Waals surface area (Å²) in [5, 5.41) is 21.9. The highest BCUT2D eigenvalue weighted by Gasteiger charge is 2.11. The van der Waals surface area contributed by atoms with Crippen molar-refractivity contribution in [2.24, 2.45) is 0 Å². The van der Waals surface area contributed by atoms with Crippen molar-refractivity contribution in [2.75, 3.05) is 25.5 Å². The first kappa shape index (κ1) is 20.8. The van der Waals surface area contributed by atoms with Crippen LogP contribution < -0.4 is 5.32 Å². The molecule has 0 heterocycles. The van der Waals surface area contributed by atoms with Gasteiger partial charge in [-0.05, 0) is 25.6 Å². The zero-order chi connectivity index (χ0) is 16.7. The lowest BCUT2D eigenvalue weighted by atomic mass is 10.1. The number of hydrogen-bond acceptors (Lipinski definition) is 5. The summed E-state index contributed by atoms with van der Waals surface area (Å²) in [7, 11) is 1.74. The minimum atomic E-state index is -0.877. The highest BCUT2D eigenvalue weighted by Crippen LogP contribution is 2.21. The molecule has 23 heavy (non-hydrogen) atoms. The molecule has 1 amide bonds. The average molecular weight is 346 g/mol. The maximum absolute atomic E-state index is 11.8. The first-order valence-corrected chi connectivity index (χ1v) is 6.75. The van der Waals surface area contributed by atoms with Gasteiger partial charge in [0.15, 0.2) is 0 Å². The summed E-state index contributed by atoms with van der Waals surface area (Å²) in [6, 6.07) is 4.23. The number of amides is 1. The summed E-state index contributed by atoms with van der Waals surface area (Å²) >= 11 is 0. The van der Waals surface area contributed by atoms with Gasteiger partial charge in [0.2, 0.25) is 5.91 Å². The molecule has 1 aromatic rings. The fourth-order valence-corrected chi connectivity index (χ4v) is 1.81. The number of carbonyl (C=O) groups excluding carboxylic acids is 1. The highest BCUT2D eigenvalue weighted by atomic mass is 35.5. The van der Waals surface area contributed by atoms with Crippen LogP contribution in [0.4, 0.5) is 11.4 Å². The molecule has 0 radical (unpaired) electrons. The van der Waals surface area contributed by atoms with E-state index in [0.29, 0.717) is 24.3 Å². The van der Waals surface area contributed by atoms with Crippen LogP contribution in [0.3, 0.4) is 0 Å². The number of carboxylic acids is 1. The predicted molar refractivity (Wildman–Crippen MR) is 88.1 cm³/mol. The van der Waals surface area contributed by atoms with Crippen LogP contribution in [0.25, 0.3) is 0 Å². The number of non-ortho nitro benzene ring substituents is 1. The van der Waals surface area contributed by atoms with Crippen LogP contribution in [0, 0.1) is 17.0 Å². The van der Waals surface area contributed by atoms with Crippen LogP contribution in [0.15, 0.2) is 18.2 Å². The Bertz CT molecular complexity index is 580. The topological polar surface area (TPSA) is 113 Å². The maximum atomic E-state index is 11.8. The van der Waals surface area contributed by atoms with Crippen LogP contribution in [0.5, 0.6) is 0 Å². The first-order chi connectivity index (χ1) is 10.3. The molecule has 0 aliphatic heterocycles. The second kappa shape index (κ2) is 9.75. The number of nitro groups is 1. The fourth-order valence-electron chi connectivity index (χ4n) is 1.81. The molecule has 0 aliphatic rings. The number of aliphatic carboxylic acids is 1. The standard InChI is InChI=1S/C14H19N3O5.ClH/c1-10-9-11(17(21)22)3-4-12(10)15-13(18)5-7-16(2)8-6-14(19)20;/h3-4,9H,5-8H2,1-2H3,(H,15,18)(H,19,20);1H. The van der Waals surface area contributed by atoms with E-state index in [1.807, 2.05) is 0 Å². The molecule has 0 fully saturated rings. The van der Waals surface area contributed by atoms with Crippen LogP contribution in [0.1, 0.15) is 18.4 Å². The minimum Gasteiger partial charge on any atom is -0.481 e. The van der Waals surface area contributed by atoms with Gasteiger partial charge in [-0.25, -0.2) is 0 Å². The van der Waals surface area contributed by atoms with E-state index < -0.39 is 10.9 Å². The third-order valence-electron chi connectivity index (χ3n) is 3.12. The Balaban J connectivity index is 0.00000484. The van der Waals surface area contributed by atoms with E-state index in [1.54, 1.807) is 18.9 Å². The van der Waals surface area contributed by atoms with E-state index in [1.165, 1.54) is 18.2 Å². The maximum Gasteiger partial charge on any atom is 0.304 e. The number of rotatable bonds is 8. The number of anilines is 1. The molecular formula is C14H20ClN3O5. The first-order valence-electron chi connectivity index (χ1n) is 6.75. The van der Waals surface area contributed by atoms with Gasteiger partial charge in [-0.2, -0.15) is 0 Å². The molecule has 0 atom stereocenters. The zero-order valence-corrected chi connectivity index (χ0v) is 13.8. The van der Waals surface area contributed by atoms with Gasteiger partial charge in [-0.3, -0.25) is 19.7 Å². The van der Waals surface area contributed by atoms with Gasteiger partial charge in [-0.1, -0.05) is 0 Å². The number of aryl methyl sites for hydroxylation is 1. The van der Waals surface area contributed by atoms with Crippen LogP contribution in [-0.2, 0) is 9.59 Å². The fraction of sp³-hybridized carbons (Fsp3) is 0.429. The lowest BCUT2D eigenvalue weighted by Crippen LogP contribution is -2.26. The Hall–Kier alpha value is -2.19. The summed E-state index contributed by atoms with van der Waals surface area (Å²) in [5.74, 6) is -1.10. The second-order valence-corrected chi connectivity index (χ2v) is 5.00. The number of nitro benzene ring substituents is 1. The lowest BCUT2D eigenvalue weighted by Gasteiger charge is -2.15. The Morgan fingerprint density at radius 3 is 2.43 bits per heavy atom. The molecular weight excluding hydrogens is 326 g/mol. The molecule has 0 aliphatic carbocycles. The molecule has 0 unspecified atom stereocenters. The van der Waals surface area contributed by atoms with Crippen LogP contribution >= 0.6 is 12.4 Å². The second-order valence-electron chi connectivity index (χ2n) is 5.00. The summed E-state index contributed by atoms with van der Waals surface area (Å²) in [5.41, 5.74) is 1.12. The molecule has 0 saturated carbocycles. The molecule has 0 spiro atoms. The number of carbonyl (C=O) groups is 2. The summed E-state index contributed by atoms with van der Waals surface area (Å²) in [6.07, 6.45) is 0.242. The Morgan fingerprint density at radius 1 is 1.30 bits per heavy atom. The average Bonchev–Trinajstić information content (AvgIpc) is 2.44. The number of carboxylic acid groups (broad SMARTS) is 1. The number of halogens is 1. The molecule has 128 valence electrons. The number of benzene rings is 1. The summed E-state index contributed by atoms with van der Waals surface area (Å²) in [4.78, 5) is 34.2. The van der Waals surface area contributed by atoms with Gasteiger partial charge in [0.25, 0.3) is 5.69 Å². The normalized spacial score (nSPS) is 10.0. The van der Waals surface area contributed by atoms with Crippen LogP contribution in [0.2, 0.25) is 0 Å². The third-order valence-corrected chi connectivity index (χ3v) is 3.12. The molecule has 0 bridgehead atoms. The van der Waals surface area contributed by atoms with Gasteiger partial charge in [-0.15, -0.1) is 12.4 Å². The van der Waals surface area contributed by atoms with Crippen molar-refractivity contribution in [1.29, 1.82) is 0 Å². The molecule has 1 aromatic carbocycles. The van der Waals surface area contributed by atoms with E-state index in [-0.39, 0.29) is 36.8 Å². The summed E-state index contributed by atoms with van der Waals surface area (Å²) < 4.78 is 0. The van der Waals surface area contributed by atoms with Crippen molar-refractivity contribution in [2.45, 2.75) is 19.8 Å². The minimum absolute atomic E-state index is 0. The van der Waals surface area contributed by atoms with Crippen molar-refractivity contribution in [1.82, 2.24) is 4.90 Å². The molecule has 0 saturated heterocycles. The molecule has 2 N–H and O–H groups in total. The molecule has 1 rings (SSSR count). The van der Waals surface area contributed by atoms with Gasteiger partial charge < -0.3 is 15.3 Å². The number of hydrogen-bond donors (Lipinski definition) is 2. The highest BCUT2D eigenvalue weighted by molar-refractivity contribution is 5.91. The molecule has 8 nitrogen and oxygen atoms in total. The van der Waals surface area contributed by atoms with E-state index in [9.17, 15) is 19.7 Å². The van der Waals surface area contributed by atoms with E-state index >= 15 is 0 Å². The third kappa shape index (κ3) is 7.57. The smallest absolute Gasteiger partial charge is 0.304 e. The van der Waals surface area contributed by atoms with Crippen LogP contribution in [-0.4, -0.2) is 46.9 Å². The largest absolute Gasteiger partial charge is 0.481 e. The Labute approximate surface area is 140 Å². The Kier molecular flexibility index (Phi) is 8.82. The molecule has 0 aromatic heterocycles. The van der Waals surface area contributed by atoms with E-state index in [2.05, 4.69) is 5.32 Å². The Morgan fingerprint density at radius 2 is 1.91 bits per heavy atom. The number of nitrogens with one attached hydrogen (secondary N) is 1. The molecule has 9 heteroatoms. The quantitative estimate of drug-likeness (QED) is 0.550.